The highest BCUT2D eigenvalue weighted by molar-refractivity contribution is 6.04. The lowest BCUT2D eigenvalue weighted by Crippen LogP contribution is -2.59. The van der Waals surface area contributed by atoms with Gasteiger partial charge in [0.1, 0.15) is 18.1 Å². The molecule has 0 aliphatic carbocycles. The lowest BCUT2D eigenvalue weighted by atomic mass is 9.74. The molecule has 0 amide bonds. The van der Waals surface area contributed by atoms with Crippen LogP contribution in [0.4, 0.5) is 0 Å². The Balaban J connectivity index is 1.93. The number of nitrogens with zero attached hydrogens (tertiary/aromatic N) is 3. The van der Waals surface area contributed by atoms with E-state index in [-0.39, 0.29) is 30.5 Å². The number of hydrogen-bond donors (Lipinski definition) is 2. The second kappa shape index (κ2) is 15.6. The number of likely N-dealkylation sites (tertiary alicyclic amines) is 1. The van der Waals surface area contributed by atoms with E-state index in [2.05, 4.69) is 16.7 Å². The summed E-state index contributed by atoms with van der Waals surface area (Å²) in [6.07, 6.45) is 0.457. The monoisotopic (exact) mass is 627 g/mol. The number of likely N-dealkylation sites (N-methyl/N-ethyl adjacent to an activating group) is 2. The van der Waals surface area contributed by atoms with Crippen LogP contribution in [0.1, 0.15) is 73.6 Å². The largest absolute Gasteiger partial charge is 0.463 e. The number of aliphatic hydroxyl groups is 2. The summed E-state index contributed by atoms with van der Waals surface area (Å²) in [5.41, 5.74) is -2.45. The average Bonchev–Trinajstić information content (AvgIpc) is 3.48. The van der Waals surface area contributed by atoms with E-state index in [1.807, 2.05) is 39.9 Å². The molecule has 3 aliphatic heterocycles. The van der Waals surface area contributed by atoms with Gasteiger partial charge in [-0.3, -0.25) is 14.5 Å². The number of methoxy groups -OCH3 is 1. The zero-order valence-corrected chi connectivity index (χ0v) is 29.0. The third-order valence-corrected chi connectivity index (χ3v) is 10.3. The zero-order valence-electron chi connectivity index (χ0n) is 29.0. The van der Waals surface area contributed by atoms with E-state index < -0.39 is 53.5 Å². The Labute approximate surface area is 265 Å². The molecule has 256 valence electrons. The number of aliphatic hydroxyl groups excluding tert-OH is 2. The van der Waals surface area contributed by atoms with Crippen molar-refractivity contribution in [2.75, 3.05) is 61.0 Å². The van der Waals surface area contributed by atoms with Crippen molar-refractivity contribution >= 4 is 11.8 Å². The van der Waals surface area contributed by atoms with Crippen LogP contribution >= 0.6 is 0 Å². The number of cyclic esters (lactones) is 1. The fourth-order valence-corrected chi connectivity index (χ4v) is 7.48. The second-order valence-electron chi connectivity index (χ2n) is 14.7. The Morgan fingerprint density at radius 3 is 2.34 bits per heavy atom. The van der Waals surface area contributed by atoms with Crippen LogP contribution in [0.3, 0.4) is 0 Å². The Morgan fingerprint density at radius 2 is 1.75 bits per heavy atom. The van der Waals surface area contributed by atoms with E-state index in [1.165, 1.54) is 12.8 Å². The van der Waals surface area contributed by atoms with Crippen LogP contribution in [0.25, 0.3) is 0 Å². The molecule has 3 aliphatic rings. The molecule has 0 radical (unpaired) electrons. The quantitative estimate of drug-likeness (QED) is 0.304. The molecule has 3 saturated heterocycles. The van der Waals surface area contributed by atoms with Crippen molar-refractivity contribution in [3.8, 4) is 0 Å². The number of carbonyl (C=O) groups excluding carboxylic acids is 2. The van der Waals surface area contributed by atoms with E-state index >= 15 is 0 Å². The maximum Gasteiger partial charge on any atom is 0.319 e. The predicted octanol–water partition coefficient (Wildman–Crippen LogP) is 2.16. The molecule has 0 aromatic carbocycles. The van der Waals surface area contributed by atoms with Crippen LogP contribution in [-0.4, -0.2) is 146 Å². The molecule has 10 atom stereocenters. The van der Waals surface area contributed by atoms with Gasteiger partial charge in [-0.05, 0) is 99.9 Å². The lowest BCUT2D eigenvalue weighted by molar-refractivity contribution is -0.295. The summed E-state index contributed by atoms with van der Waals surface area (Å²) < 4.78 is 24.7. The van der Waals surface area contributed by atoms with Crippen molar-refractivity contribution in [3.63, 3.8) is 0 Å². The summed E-state index contributed by atoms with van der Waals surface area (Å²) in [6, 6.07) is -0.615. The van der Waals surface area contributed by atoms with Crippen molar-refractivity contribution in [2.24, 2.45) is 17.3 Å². The van der Waals surface area contributed by atoms with E-state index in [4.69, 9.17) is 18.9 Å². The van der Waals surface area contributed by atoms with Crippen molar-refractivity contribution in [2.45, 2.75) is 122 Å². The van der Waals surface area contributed by atoms with Crippen molar-refractivity contribution in [1.29, 1.82) is 0 Å². The Kier molecular flexibility index (Phi) is 13.2. The lowest BCUT2D eigenvalue weighted by Gasteiger charge is -2.47. The molecule has 3 heterocycles. The van der Waals surface area contributed by atoms with Gasteiger partial charge in [0.15, 0.2) is 12.1 Å². The molecule has 0 saturated carbocycles. The van der Waals surface area contributed by atoms with Gasteiger partial charge in [0.2, 0.25) is 0 Å². The summed E-state index contributed by atoms with van der Waals surface area (Å²) in [5, 5.41) is 22.6. The normalized spacial score (nSPS) is 39.4. The minimum atomic E-state index is -1.48. The van der Waals surface area contributed by atoms with Gasteiger partial charge in [0, 0.05) is 32.2 Å². The SMILES string of the molecule is CO[C@]1(C)C[C@@H](C)CN(C)[C@H](C(O)CCN2CCCC2)COC(=O)C(C)(C)C(=O)[C@H](C)[C@H]1O[C@@H]1O[C@H](C)C[C@H](N(C)C)[C@H]1O. The van der Waals surface area contributed by atoms with Crippen LogP contribution in [0, 0.1) is 17.3 Å². The van der Waals surface area contributed by atoms with Crippen molar-refractivity contribution < 1.29 is 38.7 Å². The smallest absolute Gasteiger partial charge is 0.319 e. The van der Waals surface area contributed by atoms with Gasteiger partial charge in [-0.15, -0.1) is 0 Å². The number of carbonyl (C=O) groups is 2. The first-order chi connectivity index (χ1) is 20.5. The van der Waals surface area contributed by atoms with Crippen LogP contribution < -0.4 is 0 Å². The van der Waals surface area contributed by atoms with E-state index in [9.17, 15) is 19.8 Å². The summed E-state index contributed by atoms with van der Waals surface area (Å²) in [6.45, 7) is 14.4. The van der Waals surface area contributed by atoms with Gasteiger partial charge < -0.3 is 39.0 Å². The van der Waals surface area contributed by atoms with Crippen LogP contribution in [0.2, 0.25) is 0 Å². The summed E-state index contributed by atoms with van der Waals surface area (Å²) in [5.74, 6) is -1.72. The molecular weight excluding hydrogens is 566 g/mol. The maximum atomic E-state index is 14.2. The van der Waals surface area contributed by atoms with Crippen molar-refractivity contribution in [1.82, 2.24) is 14.7 Å². The Bertz CT molecular complexity index is 944. The first-order valence-electron chi connectivity index (χ1n) is 16.5. The van der Waals surface area contributed by atoms with E-state index in [1.54, 1.807) is 27.9 Å². The summed E-state index contributed by atoms with van der Waals surface area (Å²) in [7, 11) is 7.38. The molecule has 3 rings (SSSR count). The average molecular weight is 628 g/mol. The highest BCUT2D eigenvalue weighted by Gasteiger charge is 2.51. The van der Waals surface area contributed by atoms with Gasteiger partial charge in [0.25, 0.3) is 0 Å². The van der Waals surface area contributed by atoms with Gasteiger partial charge in [-0.2, -0.15) is 0 Å². The van der Waals surface area contributed by atoms with Gasteiger partial charge >= 0.3 is 5.97 Å². The summed E-state index contributed by atoms with van der Waals surface area (Å²) in [4.78, 5) is 34.1. The second-order valence-corrected chi connectivity index (χ2v) is 14.7. The number of rotatable bonds is 8. The van der Waals surface area contributed by atoms with Crippen LogP contribution in [0.5, 0.6) is 0 Å². The molecular formula is C33H61N3O8. The molecule has 2 N–H and O–H groups in total. The third-order valence-electron chi connectivity index (χ3n) is 10.3. The zero-order chi connectivity index (χ0) is 33.0. The number of hydrogen-bond acceptors (Lipinski definition) is 11. The molecule has 0 aromatic heterocycles. The summed E-state index contributed by atoms with van der Waals surface area (Å²) >= 11 is 0. The minimum absolute atomic E-state index is 0.0122. The highest BCUT2D eigenvalue weighted by atomic mass is 16.7. The van der Waals surface area contributed by atoms with E-state index in [0.717, 1.165) is 19.6 Å². The van der Waals surface area contributed by atoms with E-state index in [0.29, 0.717) is 25.8 Å². The first-order valence-corrected chi connectivity index (χ1v) is 16.5. The van der Waals surface area contributed by atoms with Gasteiger partial charge in [-0.1, -0.05) is 13.8 Å². The molecule has 11 nitrogen and oxygen atoms in total. The van der Waals surface area contributed by atoms with Crippen molar-refractivity contribution in [3.05, 3.63) is 0 Å². The number of Topliss-reactive ketones (excluding diaryl/α,β-unsaturated/α-hetero) is 1. The minimum Gasteiger partial charge on any atom is -0.463 e. The Morgan fingerprint density at radius 1 is 1.11 bits per heavy atom. The van der Waals surface area contributed by atoms with Gasteiger partial charge in [-0.25, -0.2) is 0 Å². The number of ketones is 1. The maximum absolute atomic E-state index is 14.2. The first kappa shape index (κ1) is 37.3. The number of ether oxygens (including phenoxy) is 4. The molecule has 44 heavy (non-hydrogen) atoms. The molecule has 3 fully saturated rings. The topological polar surface area (TPSA) is 121 Å². The molecule has 0 bridgehead atoms. The molecule has 11 heteroatoms. The standard InChI is InChI=1S/C33H61N3O8/c1-21-18-33(6,41-10)29(44-30-27(38)24(34(7)8)17-22(2)43-30)23(3)28(39)32(4,5)31(40)42-20-25(35(9)19-21)26(37)13-16-36-14-11-12-15-36/h21-27,29-30,37-38H,11-20H2,1-10H3/t21-,22-,23+,24+,25+,26?,27-,29-,30+,33-/m1/s1. The fourth-order valence-electron chi connectivity index (χ4n) is 7.48. The van der Waals surface area contributed by atoms with Crippen LogP contribution in [0.15, 0.2) is 0 Å². The highest BCUT2D eigenvalue weighted by Crippen LogP contribution is 2.38. The third kappa shape index (κ3) is 8.79. The number of esters is 1. The fraction of sp³-hybridized carbons (Fsp3) is 0.939. The molecule has 1 unspecified atom stereocenters. The molecule has 0 aromatic rings. The predicted molar refractivity (Wildman–Crippen MR) is 168 cm³/mol. The van der Waals surface area contributed by atoms with Crippen LogP contribution in [-0.2, 0) is 28.5 Å². The molecule has 0 spiro atoms. The Hall–Kier alpha value is -1.18. The van der Waals surface area contributed by atoms with Gasteiger partial charge in [0.05, 0.1) is 30.0 Å².